The molecule has 5 nitrogen and oxygen atoms in total. The average Bonchev–Trinajstić information content (AvgIpc) is 2.66. The molecule has 3 N–H and O–H groups in total. The Morgan fingerprint density at radius 1 is 0.885 bits per heavy atom. The van der Waals surface area contributed by atoms with Crippen LogP contribution in [0.25, 0.3) is 0 Å². The van der Waals surface area contributed by atoms with Gasteiger partial charge in [-0.05, 0) is 29.5 Å². The van der Waals surface area contributed by atoms with Gasteiger partial charge in [-0.1, -0.05) is 54.6 Å². The molecule has 0 fully saturated rings. The van der Waals surface area contributed by atoms with Gasteiger partial charge in [0.15, 0.2) is 0 Å². The van der Waals surface area contributed by atoms with Gasteiger partial charge >= 0.3 is 0 Å². The van der Waals surface area contributed by atoms with E-state index in [1.165, 1.54) is 0 Å². The lowest BCUT2D eigenvalue weighted by Crippen LogP contribution is -2.38. The molecule has 26 heavy (non-hydrogen) atoms. The van der Waals surface area contributed by atoms with Crippen molar-refractivity contribution in [2.24, 2.45) is 5.92 Å². The maximum atomic E-state index is 12.9. The number of Topliss-reactive ketones (excluding diaryl/α,β-unsaturated/α-hetero) is 1. The minimum Gasteiger partial charge on any atom is -0.396 e. The van der Waals surface area contributed by atoms with Crippen LogP contribution in [0, 0.1) is 5.92 Å². The molecule has 0 spiro atoms. The average molecular weight is 355 g/mol. The Morgan fingerprint density at radius 2 is 1.54 bits per heavy atom. The molecular weight excluding hydrogens is 330 g/mol. The van der Waals surface area contributed by atoms with Crippen molar-refractivity contribution < 1.29 is 19.8 Å². The Bertz CT molecular complexity index is 715. The number of nitrogens with one attached hydrogen (secondary N) is 1. The highest BCUT2D eigenvalue weighted by Gasteiger charge is 2.27. The second-order valence-corrected chi connectivity index (χ2v) is 6.14. The molecule has 138 valence electrons. The van der Waals surface area contributed by atoms with E-state index in [9.17, 15) is 14.7 Å². The van der Waals surface area contributed by atoms with Crippen molar-refractivity contribution in [3.63, 3.8) is 0 Å². The van der Waals surface area contributed by atoms with Gasteiger partial charge < -0.3 is 15.5 Å². The van der Waals surface area contributed by atoms with Crippen molar-refractivity contribution in [1.29, 1.82) is 0 Å². The molecule has 2 rings (SSSR count). The molecule has 0 saturated heterocycles. The molecule has 0 heterocycles. The third kappa shape index (κ3) is 5.79. The van der Waals surface area contributed by atoms with Gasteiger partial charge in [0.05, 0.1) is 6.61 Å². The maximum absolute atomic E-state index is 12.9. The molecule has 0 saturated carbocycles. The molecule has 1 atom stereocenters. The van der Waals surface area contributed by atoms with Gasteiger partial charge in [0.25, 0.3) is 0 Å². The quantitative estimate of drug-likeness (QED) is 0.561. The number of rotatable bonds is 10. The van der Waals surface area contributed by atoms with Gasteiger partial charge in [-0.3, -0.25) is 9.59 Å². The van der Waals surface area contributed by atoms with Crippen molar-refractivity contribution >= 4 is 11.7 Å². The van der Waals surface area contributed by atoms with Crippen LogP contribution in [0.15, 0.2) is 54.6 Å². The summed E-state index contributed by atoms with van der Waals surface area (Å²) < 4.78 is 0. The number of amides is 1. The standard InChI is InChI=1S/C21H25NO4/c23-12-10-17-8-4-5-9-18(17)15-20(25)19(21(26)22-11-13-24)14-16-6-2-1-3-7-16/h1-9,19,23-24H,10-15H2,(H,22,26). The fraction of sp³-hybridized carbons (Fsp3) is 0.333. The minimum absolute atomic E-state index is 0.00956. The molecule has 0 bridgehead atoms. The number of aliphatic hydroxyl groups is 2. The van der Waals surface area contributed by atoms with Crippen LogP contribution in [-0.2, 0) is 28.9 Å². The van der Waals surface area contributed by atoms with E-state index in [4.69, 9.17) is 5.11 Å². The number of hydrogen-bond donors (Lipinski definition) is 3. The SMILES string of the molecule is O=C(Cc1ccccc1CCO)C(Cc1ccccc1)C(=O)NCCO. The van der Waals surface area contributed by atoms with Gasteiger partial charge in [0.2, 0.25) is 5.91 Å². The molecule has 0 aromatic heterocycles. The van der Waals surface area contributed by atoms with Gasteiger partial charge in [0, 0.05) is 19.6 Å². The zero-order valence-electron chi connectivity index (χ0n) is 14.7. The fourth-order valence-electron chi connectivity index (χ4n) is 2.91. The third-order valence-electron chi connectivity index (χ3n) is 4.26. The van der Waals surface area contributed by atoms with E-state index in [0.29, 0.717) is 12.8 Å². The van der Waals surface area contributed by atoms with Gasteiger partial charge in [0.1, 0.15) is 11.7 Å². The van der Waals surface area contributed by atoms with Crippen molar-refractivity contribution in [1.82, 2.24) is 5.32 Å². The smallest absolute Gasteiger partial charge is 0.231 e. The molecule has 0 aliphatic carbocycles. The monoisotopic (exact) mass is 355 g/mol. The summed E-state index contributed by atoms with van der Waals surface area (Å²) >= 11 is 0. The van der Waals surface area contributed by atoms with E-state index < -0.39 is 5.92 Å². The molecule has 0 aliphatic rings. The molecule has 5 heteroatoms. The predicted octanol–water partition coefficient (Wildman–Crippen LogP) is 1.30. The van der Waals surface area contributed by atoms with E-state index in [1.807, 2.05) is 54.6 Å². The van der Waals surface area contributed by atoms with Crippen LogP contribution in [0.2, 0.25) is 0 Å². The summed E-state index contributed by atoms with van der Waals surface area (Å²) in [5.74, 6) is -1.35. The Kier molecular flexibility index (Phi) is 7.99. The third-order valence-corrected chi connectivity index (χ3v) is 4.26. The first-order valence-electron chi connectivity index (χ1n) is 8.78. The van der Waals surface area contributed by atoms with Crippen LogP contribution < -0.4 is 5.32 Å². The van der Waals surface area contributed by atoms with Crippen molar-refractivity contribution in [3.05, 3.63) is 71.3 Å². The summed E-state index contributed by atoms with van der Waals surface area (Å²) in [6, 6.07) is 16.9. The number of carbonyl (C=O) groups is 2. The lowest BCUT2D eigenvalue weighted by Gasteiger charge is -2.17. The van der Waals surface area contributed by atoms with Crippen LogP contribution in [-0.4, -0.2) is 41.7 Å². The van der Waals surface area contributed by atoms with Crippen LogP contribution in [0.5, 0.6) is 0 Å². The van der Waals surface area contributed by atoms with E-state index in [1.54, 1.807) is 0 Å². The van der Waals surface area contributed by atoms with Gasteiger partial charge in [-0.2, -0.15) is 0 Å². The first kappa shape index (κ1) is 19.8. The van der Waals surface area contributed by atoms with Crippen LogP contribution in [0.4, 0.5) is 0 Å². The molecule has 0 radical (unpaired) electrons. The van der Waals surface area contributed by atoms with Crippen molar-refractivity contribution in [2.45, 2.75) is 19.3 Å². The maximum Gasteiger partial charge on any atom is 0.231 e. The van der Waals surface area contributed by atoms with Gasteiger partial charge in [-0.25, -0.2) is 0 Å². The van der Waals surface area contributed by atoms with E-state index in [0.717, 1.165) is 16.7 Å². The Labute approximate surface area is 153 Å². The second-order valence-electron chi connectivity index (χ2n) is 6.14. The minimum atomic E-state index is -0.814. The molecule has 1 amide bonds. The Morgan fingerprint density at radius 3 is 2.19 bits per heavy atom. The largest absolute Gasteiger partial charge is 0.396 e. The predicted molar refractivity (Wildman–Crippen MR) is 99.7 cm³/mol. The normalized spacial score (nSPS) is 11.8. The van der Waals surface area contributed by atoms with Crippen LogP contribution >= 0.6 is 0 Å². The summed E-state index contributed by atoms with van der Waals surface area (Å²) in [5.41, 5.74) is 2.66. The highest BCUT2D eigenvalue weighted by Crippen LogP contribution is 2.16. The van der Waals surface area contributed by atoms with E-state index in [-0.39, 0.29) is 37.9 Å². The summed E-state index contributed by atoms with van der Waals surface area (Å²) in [6.45, 7) is -0.0363. The number of carbonyl (C=O) groups excluding carboxylic acids is 2. The van der Waals surface area contributed by atoms with Crippen LogP contribution in [0.1, 0.15) is 16.7 Å². The summed E-state index contributed by atoms with van der Waals surface area (Å²) in [6.07, 6.45) is 0.933. The molecule has 2 aromatic rings. The van der Waals surface area contributed by atoms with Crippen molar-refractivity contribution in [3.8, 4) is 0 Å². The molecule has 1 unspecified atom stereocenters. The number of benzene rings is 2. The molecular formula is C21H25NO4. The topological polar surface area (TPSA) is 86.6 Å². The van der Waals surface area contributed by atoms with Crippen molar-refractivity contribution in [2.75, 3.05) is 19.8 Å². The van der Waals surface area contributed by atoms with E-state index in [2.05, 4.69) is 5.32 Å². The van der Waals surface area contributed by atoms with Crippen LogP contribution in [0.3, 0.4) is 0 Å². The Hall–Kier alpha value is -2.50. The lowest BCUT2D eigenvalue weighted by molar-refractivity contribution is -0.133. The highest BCUT2D eigenvalue weighted by molar-refractivity contribution is 6.02. The zero-order valence-corrected chi connectivity index (χ0v) is 14.7. The number of ketones is 1. The number of hydrogen-bond acceptors (Lipinski definition) is 4. The first-order valence-corrected chi connectivity index (χ1v) is 8.78. The fourth-order valence-corrected chi connectivity index (χ4v) is 2.91. The number of aliphatic hydroxyl groups excluding tert-OH is 2. The summed E-state index contributed by atoms with van der Waals surface area (Å²) in [4.78, 5) is 25.4. The van der Waals surface area contributed by atoms with Gasteiger partial charge in [-0.15, -0.1) is 0 Å². The summed E-state index contributed by atoms with van der Waals surface area (Å²) in [5, 5.41) is 20.7. The zero-order chi connectivity index (χ0) is 18.8. The lowest BCUT2D eigenvalue weighted by atomic mass is 9.89. The van der Waals surface area contributed by atoms with E-state index >= 15 is 0 Å². The highest BCUT2D eigenvalue weighted by atomic mass is 16.3. The Balaban J connectivity index is 2.18. The second kappa shape index (κ2) is 10.5. The first-order chi connectivity index (χ1) is 12.7. The summed E-state index contributed by atoms with van der Waals surface area (Å²) in [7, 11) is 0. The molecule has 0 aliphatic heterocycles. The molecule has 2 aromatic carbocycles.